The van der Waals surface area contributed by atoms with Crippen molar-refractivity contribution in [3.63, 3.8) is 0 Å². The van der Waals surface area contributed by atoms with E-state index in [9.17, 15) is 9.90 Å². The average molecular weight is 393 g/mol. The molecular formula is C23H28N4O2. The van der Waals surface area contributed by atoms with Crippen LogP contribution in [0.2, 0.25) is 0 Å². The van der Waals surface area contributed by atoms with Crippen LogP contribution in [0.1, 0.15) is 49.9 Å². The zero-order valence-corrected chi connectivity index (χ0v) is 17.2. The summed E-state index contributed by atoms with van der Waals surface area (Å²) in [4.78, 5) is 17.1. The van der Waals surface area contributed by atoms with Crippen molar-refractivity contribution in [3.05, 3.63) is 48.2 Å². The number of hydrogen-bond donors (Lipinski definition) is 2. The SMILES string of the molecule is Cn1nc(-c2ccc(C(=O)NC3CCC(C(C)(C)O)CC3)cn2)c2ccccc21. The van der Waals surface area contributed by atoms with Gasteiger partial charge in [0.25, 0.3) is 5.91 Å². The number of nitrogens with one attached hydrogen (secondary N) is 1. The number of rotatable bonds is 4. The topological polar surface area (TPSA) is 80.0 Å². The minimum atomic E-state index is -0.648. The normalized spacial score (nSPS) is 20.0. The van der Waals surface area contributed by atoms with Crippen molar-refractivity contribution in [2.45, 2.75) is 51.2 Å². The minimum absolute atomic E-state index is 0.0957. The molecule has 2 aromatic heterocycles. The number of para-hydroxylation sites is 1. The van der Waals surface area contributed by atoms with E-state index < -0.39 is 5.60 Å². The third kappa shape index (κ3) is 4.03. The van der Waals surface area contributed by atoms with Gasteiger partial charge in [-0.3, -0.25) is 14.5 Å². The Hall–Kier alpha value is -2.73. The molecule has 1 aliphatic rings. The fraction of sp³-hybridized carbons (Fsp3) is 0.435. The summed E-state index contributed by atoms with van der Waals surface area (Å²) in [6.45, 7) is 3.74. The summed E-state index contributed by atoms with van der Waals surface area (Å²) in [5.41, 5.74) is 2.53. The molecule has 2 heterocycles. The van der Waals surface area contributed by atoms with Crippen LogP contribution in [-0.2, 0) is 7.05 Å². The molecule has 29 heavy (non-hydrogen) atoms. The van der Waals surface area contributed by atoms with Gasteiger partial charge in [0.05, 0.1) is 22.4 Å². The predicted molar refractivity (Wildman–Crippen MR) is 113 cm³/mol. The van der Waals surface area contributed by atoms with Crippen molar-refractivity contribution < 1.29 is 9.90 Å². The van der Waals surface area contributed by atoms with Gasteiger partial charge in [-0.1, -0.05) is 18.2 Å². The van der Waals surface area contributed by atoms with Gasteiger partial charge in [-0.2, -0.15) is 5.10 Å². The minimum Gasteiger partial charge on any atom is -0.390 e. The molecule has 1 saturated carbocycles. The second-order valence-electron chi connectivity index (χ2n) is 8.60. The second-order valence-corrected chi connectivity index (χ2v) is 8.60. The summed E-state index contributed by atoms with van der Waals surface area (Å²) < 4.78 is 1.84. The molecule has 6 nitrogen and oxygen atoms in total. The van der Waals surface area contributed by atoms with Gasteiger partial charge in [-0.25, -0.2) is 0 Å². The smallest absolute Gasteiger partial charge is 0.253 e. The van der Waals surface area contributed by atoms with Crippen LogP contribution in [-0.4, -0.2) is 37.4 Å². The van der Waals surface area contributed by atoms with Gasteiger partial charge in [-0.15, -0.1) is 0 Å². The van der Waals surface area contributed by atoms with E-state index in [-0.39, 0.29) is 11.9 Å². The molecule has 0 aliphatic heterocycles. The molecule has 1 fully saturated rings. The number of carbonyl (C=O) groups is 1. The Kier molecular flexibility index (Phi) is 5.13. The summed E-state index contributed by atoms with van der Waals surface area (Å²) >= 11 is 0. The highest BCUT2D eigenvalue weighted by atomic mass is 16.3. The standard InChI is InChI=1S/C23H28N4O2/c1-23(2,29)16-9-11-17(12-10-16)25-22(28)15-8-13-19(24-14-15)21-18-6-4-5-7-20(18)27(3)26-21/h4-8,13-14,16-17,29H,9-12H2,1-3H3,(H,25,28). The highest BCUT2D eigenvalue weighted by Gasteiger charge is 2.31. The Morgan fingerprint density at radius 3 is 2.52 bits per heavy atom. The number of nitrogens with zero attached hydrogens (tertiary/aromatic N) is 3. The van der Waals surface area contributed by atoms with Gasteiger partial charge < -0.3 is 10.4 Å². The number of benzene rings is 1. The number of pyridine rings is 1. The van der Waals surface area contributed by atoms with Crippen molar-refractivity contribution >= 4 is 16.8 Å². The number of fused-ring (bicyclic) bond motifs is 1. The lowest BCUT2D eigenvalue weighted by molar-refractivity contribution is -0.00257. The van der Waals surface area contributed by atoms with Crippen molar-refractivity contribution in [1.82, 2.24) is 20.1 Å². The van der Waals surface area contributed by atoms with Gasteiger partial charge in [0.2, 0.25) is 0 Å². The molecule has 3 aromatic rings. The van der Waals surface area contributed by atoms with E-state index in [1.807, 2.05) is 62.0 Å². The van der Waals surface area contributed by atoms with Gasteiger partial charge in [-0.05, 0) is 63.6 Å². The van der Waals surface area contributed by atoms with Crippen LogP contribution in [0, 0.1) is 5.92 Å². The molecule has 2 N–H and O–H groups in total. The molecule has 0 unspecified atom stereocenters. The molecule has 1 aromatic carbocycles. The number of amides is 1. The zero-order valence-electron chi connectivity index (χ0n) is 17.2. The monoisotopic (exact) mass is 392 g/mol. The van der Waals surface area contributed by atoms with E-state index in [2.05, 4.69) is 15.4 Å². The van der Waals surface area contributed by atoms with Crippen LogP contribution >= 0.6 is 0 Å². The first-order valence-corrected chi connectivity index (χ1v) is 10.2. The lowest BCUT2D eigenvalue weighted by Crippen LogP contribution is -2.41. The third-order valence-electron chi connectivity index (χ3n) is 6.09. The van der Waals surface area contributed by atoms with Gasteiger partial charge >= 0.3 is 0 Å². The summed E-state index contributed by atoms with van der Waals surface area (Å²) in [6, 6.07) is 11.9. The molecule has 4 rings (SSSR count). The Bertz CT molecular complexity index is 1010. The summed E-state index contributed by atoms with van der Waals surface area (Å²) in [6.07, 6.45) is 5.27. The molecule has 0 saturated heterocycles. The highest BCUT2D eigenvalue weighted by Crippen LogP contribution is 2.32. The molecule has 1 aliphatic carbocycles. The van der Waals surface area contributed by atoms with Crippen LogP contribution < -0.4 is 5.32 Å². The van der Waals surface area contributed by atoms with Crippen molar-refractivity contribution in [2.24, 2.45) is 13.0 Å². The third-order valence-corrected chi connectivity index (χ3v) is 6.09. The first kappa shape index (κ1) is 19.6. The van der Waals surface area contributed by atoms with Crippen molar-refractivity contribution in [2.75, 3.05) is 0 Å². The Morgan fingerprint density at radius 2 is 1.86 bits per heavy atom. The fourth-order valence-electron chi connectivity index (χ4n) is 4.28. The van der Waals surface area contributed by atoms with Gasteiger partial charge in [0, 0.05) is 24.7 Å². The molecule has 152 valence electrons. The van der Waals surface area contributed by atoms with E-state index in [0.717, 1.165) is 48.0 Å². The van der Waals surface area contributed by atoms with Crippen LogP contribution in [0.5, 0.6) is 0 Å². The van der Waals surface area contributed by atoms with E-state index in [0.29, 0.717) is 11.5 Å². The number of aromatic nitrogens is 3. The van der Waals surface area contributed by atoms with Crippen LogP contribution in [0.3, 0.4) is 0 Å². The van der Waals surface area contributed by atoms with Crippen LogP contribution in [0.15, 0.2) is 42.6 Å². The van der Waals surface area contributed by atoms with Crippen LogP contribution in [0.4, 0.5) is 0 Å². The van der Waals surface area contributed by atoms with E-state index >= 15 is 0 Å². The lowest BCUT2D eigenvalue weighted by Gasteiger charge is -2.36. The lowest BCUT2D eigenvalue weighted by atomic mass is 9.77. The number of aliphatic hydroxyl groups is 1. The second kappa shape index (κ2) is 7.59. The van der Waals surface area contributed by atoms with E-state index in [4.69, 9.17) is 0 Å². The quantitative estimate of drug-likeness (QED) is 0.710. The van der Waals surface area contributed by atoms with E-state index in [1.165, 1.54) is 0 Å². The van der Waals surface area contributed by atoms with Crippen molar-refractivity contribution in [1.29, 1.82) is 0 Å². The summed E-state index contributed by atoms with van der Waals surface area (Å²) in [5, 5.41) is 18.9. The fourth-order valence-corrected chi connectivity index (χ4v) is 4.28. The Labute approximate surface area is 171 Å². The molecule has 0 bridgehead atoms. The molecule has 0 radical (unpaired) electrons. The van der Waals surface area contributed by atoms with Crippen molar-refractivity contribution in [3.8, 4) is 11.4 Å². The summed E-state index contributed by atoms with van der Waals surface area (Å²) in [7, 11) is 1.92. The average Bonchev–Trinajstić information content (AvgIpc) is 3.05. The highest BCUT2D eigenvalue weighted by molar-refractivity contribution is 5.95. The number of hydrogen-bond acceptors (Lipinski definition) is 4. The first-order chi connectivity index (χ1) is 13.8. The zero-order chi connectivity index (χ0) is 20.6. The Balaban J connectivity index is 1.44. The molecule has 6 heteroatoms. The van der Waals surface area contributed by atoms with E-state index in [1.54, 1.807) is 6.20 Å². The largest absolute Gasteiger partial charge is 0.390 e. The van der Waals surface area contributed by atoms with Gasteiger partial charge in [0.15, 0.2) is 0 Å². The number of carbonyl (C=O) groups excluding carboxylic acids is 1. The predicted octanol–water partition coefficient (Wildman–Crippen LogP) is 3.69. The van der Waals surface area contributed by atoms with Gasteiger partial charge in [0.1, 0.15) is 5.69 Å². The number of aryl methyl sites for hydroxylation is 1. The molecular weight excluding hydrogens is 364 g/mol. The summed E-state index contributed by atoms with van der Waals surface area (Å²) in [5.74, 6) is 0.200. The van der Waals surface area contributed by atoms with Crippen LogP contribution in [0.25, 0.3) is 22.3 Å². The molecule has 0 spiro atoms. The molecule has 0 atom stereocenters. The Morgan fingerprint density at radius 1 is 1.14 bits per heavy atom. The first-order valence-electron chi connectivity index (χ1n) is 10.2. The maximum absolute atomic E-state index is 12.6. The molecule has 1 amide bonds. The maximum atomic E-state index is 12.6. The maximum Gasteiger partial charge on any atom is 0.253 e.